The molecule has 0 unspecified atom stereocenters. The molecule has 0 aliphatic carbocycles. The molecule has 1 aliphatic heterocycles. The first-order chi connectivity index (χ1) is 7.29. The zero-order valence-electron chi connectivity index (χ0n) is 7.48. The van der Waals surface area contributed by atoms with Gasteiger partial charge in [0.05, 0.1) is 5.69 Å². The van der Waals surface area contributed by atoms with E-state index in [4.69, 9.17) is 5.73 Å². The molecule has 2 rings (SSSR count). The SMILES string of the molecule is Nc1cccc2c1OS(=O)(=O)OS(=O)(=O)O2. The summed E-state index contributed by atoms with van der Waals surface area (Å²) in [7, 11) is -9.48. The van der Waals surface area contributed by atoms with Gasteiger partial charge in [-0.25, -0.2) is 0 Å². The zero-order valence-corrected chi connectivity index (χ0v) is 9.12. The van der Waals surface area contributed by atoms with Crippen molar-refractivity contribution in [3.05, 3.63) is 18.2 Å². The Bertz CT molecular complexity index is 633. The van der Waals surface area contributed by atoms with Crippen LogP contribution in [0, 0.1) is 0 Å². The van der Waals surface area contributed by atoms with Crippen LogP contribution >= 0.6 is 0 Å². The number of anilines is 1. The molecular formula is C6H5NO7S2. The predicted molar refractivity (Wildman–Crippen MR) is 51.0 cm³/mol. The topological polar surface area (TPSA) is 122 Å². The van der Waals surface area contributed by atoms with Crippen molar-refractivity contribution in [2.24, 2.45) is 0 Å². The van der Waals surface area contributed by atoms with Crippen molar-refractivity contribution >= 4 is 26.5 Å². The van der Waals surface area contributed by atoms with Crippen LogP contribution in [0.4, 0.5) is 5.69 Å². The third kappa shape index (κ3) is 2.03. The van der Waals surface area contributed by atoms with Gasteiger partial charge >= 0.3 is 20.8 Å². The summed E-state index contributed by atoms with van der Waals surface area (Å²) in [5.74, 6) is -0.787. The first-order valence-corrected chi connectivity index (χ1v) is 6.44. The van der Waals surface area contributed by atoms with Gasteiger partial charge in [-0.1, -0.05) is 9.70 Å². The lowest BCUT2D eigenvalue weighted by atomic mass is 10.3. The average molecular weight is 267 g/mol. The van der Waals surface area contributed by atoms with Crippen molar-refractivity contribution in [3.63, 3.8) is 0 Å². The smallest absolute Gasteiger partial charge is 0.396 e. The van der Waals surface area contributed by atoms with Gasteiger partial charge < -0.3 is 14.1 Å². The minimum Gasteiger partial charge on any atom is -0.396 e. The Morgan fingerprint density at radius 2 is 1.62 bits per heavy atom. The molecule has 0 saturated carbocycles. The normalized spacial score (nSPS) is 21.0. The highest BCUT2D eigenvalue weighted by Crippen LogP contribution is 2.37. The largest absolute Gasteiger partial charge is 0.466 e. The molecule has 0 spiro atoms. The van der Waals surface area contributed by atoms with Crippen LogP contribution in [0.2, 0.25) is 0 Å². The molecule has 2 N–H and O–H groups in total. The van der Waals surface area contributed by atoms with E-state index in [1.165, 1.54) is 18.2 Å². The van der Waals surface area contributed by atoms with Crippen LogP contribution in [0.5, 0.6) is 11.5 Å². The van der Waals surface area contributed by atoms with Gasteiger partial charge in [-0.15, -0.1) is 0 Å². The highest BCUT2D eigenvalue weighted by Gasteiger charge is 2.34. The molecule has 0 aromatic heterocycles. The van der Waals surface area contributed by atoms with E-state index in [2.05, 4.69) is 12.0 Å². The fraction of sp³-hybridized carbons (Fsp3) is 0. The molecular weight excluding hydrogens is 262 g/mol. The highest BCUT2D eigenvalue weighted by atomic mass is 32.3. The summed E-state index contributed by atoms with van der Waals surface area (Å²) >= 11 is 0. The van der Waals surface area contributed by atoms with Gasteiger partial charge in [0.2, 0.25) is 5.75 Å². The van der Waals surface area contributed by atoms with Gasteiger partial charge in [0.15, 0.2) is 5.75 Å². The Morgan fingerprint density at radius 3 is 2.31 bits per heavy atom. The second-order valence-corrected chi connectivity index (χ2v) is 5.24. The van der Waals surface area contributed by atoms with Gasteiger partial charge in [-0.05, 0) is 12.1 Å². The van der Waals surface area contributed by atoms with Crippen LogP contribution in [-0.2, 0) is 24.4 Å². The Labute approximate surface area is 91.2 Å². The summed E-state index contributed by atoms with van der Waals surface area (Å²) in [6.45, 7) is 0. The van der Waals surface area contributed by atoms with E-state index in [0.717, 1.165) is 0 Å². The van der Waals surface area contributed by atoms with E-state index < -0.39 is 26.5 Å². The standard InChI is InChI=1S/C6H5NO7S2/c7-4-2-1-3-5-6(4)13-16(10,11)14-15(8,9)12-5/h1-3H,7H2. The summed E-state index contributed by atoms with van der Waals surface area (Å²) in [6.07, 6.45) is 0. The lowest BCUT2D eigenvalue weighted by molar-refractivity contribution is 0.373. The van der Waals surface area contributed by atoms with Gasteiger partial charge in [0.25, 0.3) is 0 Å². The van der Waals surface area contributed by atoms with E-state index in [1.807, 2.05) is 0 Å². The minimum absolute atomic E-state index is 0.0956. The monoisotopic (exact) mass is 267 g/mol. The average Bonchev–Trinajstić information content (AvgIpc) is 2.17. The molecule has 0 amide bonds. The van der Waals surface area contributed by atoms with Gasteiger partial charge in [0, 0.05) is 0 Å². The van der Waals surface area contributed by atoms with Crippen molar-refractivity contribution in [3.8, 4) is 11.5 Å². The van der Waals surface area contributed by atoms with Gasteiger partial charge in [0.1, 0.15) is 0 Å². The first-order valence-electron chi connectivity index (χ1n) is 3.77. The molecule has 8 nitrogen and oxygen atoms in total. The number of rotatable bonds is 0. The number of nitrogens with two attached hydrogens (primary N) is 1. The molecule has 10 heteroatoms. The van der Waals surface area contributed by atoms with Gasteiger partial charge in [-0.3, -0.25) is 0 Å². The minimum atomic E-state index is -4.76. The second-order valence-electron chi connectivity index (χ2n) is 2.73. The molecule has 1 heterocycles. The fourth-order valence-electron chi connectivity index (χ4n) is 1.03. The van der Waals surface area contributed by atoms with Crippen LogP contribution in [0.3, 0.4) is 0 Å². The second kappa shape index (κ2) is 3.23. The van der Waals surface area contributed by atoms with Crippen molar-refractivity contribution in [1.82, 2.24) is 0 Å². The summed E-state index contributed by atoms with van der Waals surface area (Å²) in [5.41, 5.74) is 5.31. The van der Waals surface area contributed by atoms with E-state index in [0.29, 0.717) is 0 Å². The number of hydrogen-bond acceptors (Lipinski definition) is 8. The number of hydrogen-bond donors (Lipinski definition) is 1. The van der Waals surface area contributed by atoms with Gasteiger partial charge in [-0.2, -0.15) is 16.8 Å². The van der Waals surface area contributed by atoms with E-state index in [-0.39, 0.29) is 11.4 Å². The predicted octanol–water partition coefficient (Wildman–Crippen LogP) is -0.454. The Balaban J connectivity index is 2.70. The van der Waals surface area contributed by atoms with Crippen LogP contribution in [0.15, 0.2) is 18.2 Å². The Hall–Kier alpha value is -1.52. The zero-order chi connectivity index (χ0) is 12.0. The Morgan fingerprint density at radius 1 is 1.00 bits per heavy atom. The molecule has 1 aliphatic rings. The third-order valence-electron chi connectivity index (χ3n) is 1.55. The molecule has 1 aromatic carbocycles. The summed E-state index contributed by atoms with van der Waals surface area (Å²) in [5, 5.41) is 0. The summed E-state index contributed by atoms with van der Waals surface area (Å²) in [4.78, 5) is 0. The number of nitrogen functional groups attached to an aromatic ring is 1. The van der Waals surface area contributed by atoms with Crippen LogP contribution in [0.25, 0.3) is 0 Å². The lowest BCUT2D eigenvalue weighted by Gasteiger charge is -2.04. The van der Waals surface area contributed by atoms with Crippen LogP contribution in [0.1, 0.15) is 0 Å². The van der Waals surface area contributed by atoms with E-state index in [1.54, 1.807) is 0 Å². The van der Waals surface area contributed by atoms with Crippen molar-refractivity contribution in [2.75, 3.05) is 5.73 Å². The maximum absolute atomic E-state index is 11.0. The van der Waals surface area contributed by atoms with Crippen molar-refractivity contribution in [2.45, 2.75) is 0 Å². The maximum atomic E-state index is 11.0. The quantitative estimate of drug-likeness (QED) is 0.627. The molecule has 0 radical (unpaired) electrons. The molecule has 0 bridgehead atoms. The molecule has 1 aromatic rings. The molecule has 0 saturated heterocycles. The maximum Gasteiger partial charge on any atom is 0.466 e. The summed E-state index contributed by atoms with van der Waals surface area (Å²) in [6, 6.07) is 3.86. The number of fused-ring (bicyclic) bond motifs is 1. The number of para-hydroxylation sites is 1. The van der Waals surface area contributed by atoms with Crippen LogP contribution < -0.4 is 14.1 Å². The van der Waals surface area contributed by atoms with E-state index >= 15 is 0 Å². The molecule has 16 heavy (non-hydrogen) atoms. The van der Waals surface area contributed by atoms with E-state index in [9.17, 15) is 16.8 Å². The molecule has 0 atom stereocenters. The lowest BCUT2D eigenvalue weighted by Crippen LogP contribution is -2.18. The van der Waals surface area contributed by atoms with Crippen molar-refractivity contribution < 1.29 is 28.8 Å². The highest BCUT2D eigenvalue weighted by molar-refractivity contribution is 7.95. The first kappa shape index (κ1) is 11.0. The van der Waals surface area contributed by atoms with Crippen LogP contribution in [-0.4, -0.2) is 16.8 Å². The summed E-state index contributed by atoms with van der Waals surface area (Å²) < 4.78 is 56.4. The molecule has 88 valence electrons. The number of benzene rings is 1. The fourth-order valence-corrected chi connectivity index (χ4v) is 2.80. The third-order valence-corrected chi connectivity index (χ3v) is 3.64. The Kier molecular flexibility index (Phi) is 2.22. The molecule has 0 fully saturated rings. The van der Waals surface area contributed by atoms with Crippen molar-refractivity contribution in [1.29, 1.82) is 0 Å².